The minimum absolute atomic E-state index is 0.0700. The van der Waals surface area contributed by atoms with Crippen LogP contribution in [0.1, 0.15) is 18.9 Å². The summed E-state index contributed by atoms with van der Waals surface area (Å²) in [4.78, 5) is 23.6. The molecule has 0 aromatic heterocycles. The van der Waals surface area contributed by atoms with Crippen LogP contribution in [0.2, 0.25) is 0 Å². The van der Waals surface area contributed by atoms with Gasteiger partial charge in [-0.25, -0.2) is 4.79 Å². The van der Waals surface area contributed by atoms with Crippen LogP contribution in [0.15, 0.2) is 24.3 Å². The van der Waals surface area contributed by atoms with E-state index in [9.17, 15) is 9.59 Å². The maximum Gasteiger partial charge on any atom is 0.317 e. The van der Waals surface area contributed by atoms with Crippen molar-refractivity contribution in [2.24, 2.45) is 0 Å². The van der Waals surface area contributed by atoms with Gasteiger partial charge in [-0.05, 0) is 13.0 Å². The molecule has 0 aliphatic heterocycles. The molecule has 0 unspecified atom stereocenters. The molecule has 0 spiro atoms. The highest BCUT2D eigenvalue weighted by Gasteiger charge is 2.10. The van der Waals surface area contributed by atoms with Crippen LogP contribution in [-0.2, 0) is 11.3 Å². The van der Waals surface area contributed by atoms with Gasteiger partial charge in [-0.3, -0.25) is 4.79 Å². The maximum atomic E-state index is 11.8. The molecule has 0 heterocycles. The second kappa shape index (κ2) is 8.04. The zero-order chi connectivity index (χ0) is 15.0. The monoisotopic (exact) mass is 280 g/mol. The van der Waals surface area contributed by atoms with E-state index in [0.717, 1.165) is 11.3 Å². The summed E-state index contributed by atoms with van der Waals surface area (Å²) >= 11 is 0. The van der Waals surface area contributed by atoms with Gasteiger partial charge >= 0.3 is 12.0 Å². The molecule has 20 heavy (non-hydrogen) atoms. The number of nitrogens with zero attached hydrogens (tertiary/aromatic N) is 1. The number of carbonyl (C=O) groups is 2. The Morgan fingerprint density at radius 2 is 2.05 bits per heavy atom. The average Bonchev–Trinajstić information content (AvgIpc) is 2.43. The molecule has 0 aliphatic carbocycles. The van der Waals surface area contributed by atoms with Gasteiger partial charge in [-0.15, -0.1) is 0 Å². The third kappa shape index (κ3) is 5.17. The Labute approximate surface area is 118 Å². The molecule has 0 bridgehead atoms. The number of carbonyl (C=O) groups excluding carboxylic acids is 1. The number of hydrogen-bond acceptors (Lipinski definition) is 3. The third-order valence-electron chi connectivity index (χ3n) is 2.71. The Morgan fingerprint density at radius 1 is 1.35 bits per heavy atom. The zero-order valence-corrected chi connectivity index (χ0v) is 11.8. The van der Waals surface area contributed by atoms with Gasteiger partial charge in [0, 0.05) is 25.7 Å². The molecule has 6 nitrogen and oxygen atoms in total. The Bertz CT molecular complexity index is 462. The summed E-state index contributed by atoms with van der Waals surface area (Å²) in [6, 6.07) is 7.16. The van der Waals surface area contributed by atoms with E-state index >= 15 is 0 Å². The number of rotatable bonds is 7. The van der Waals surface area contributed by atoms with Crippen LogP contribution < -0.4 is 10.1 Å². The predicted molar refractivity (Wildman–Crippen MR) is 74.7 cm³/mol. The van der Waals surface area contributed by atoms with Gasteiger partial charge in [0.15, 0.2) is 0 Å². The molecule has 0 fully saturated rings. The molecule has 2 amide bonds. The second-order valence-corrected chi connectivity index (χ2v) is 4.26. The second-order valence-electron chi connectivity index (χ2n) is 4.26. The van der Waals surface area contributed by atoms with Crippen LogP contribution in [-0.4, -0.2) is 42.2 Å². The SMILES string of the molecule is CCOc1ccccc1CNC(=O)N(C)CCC(=O)O. The van der Waals surface area contributed by atoms with Crippen molar-refractivity contribution >= 4 is 12.0 Å². The molecular weight excluding hydrogens is 260 g/mol. The summed E-state index contributed by atoms with van der Waals surface area (Å²) < 4.78 is 5.47. The average molecular weight is 280 g/mol. The molecule has 1 aromatic carbocycles. The van der Waals surface area contributed by atoms with Crippen LogP contribution in [0.3, 0.4) is 0 Å². The number of urea groups is 1. The smallest absolute Gasteiger partial charge is 0.317 e. The molecule has 0 atom stereocenters. The number of carboxylic acids is 1. The van der Waals surface area contributed by atoms with Crippen LogP contribution in [0.4, 0.5) is 4.79 Å². The van der Waals surface area contributed by atoms with Crippen molar-refractivity contribution in [2.75, 3.05) is 20.2 Å². The van der Waals surface area contributed by atoms with Crippen LogP contribution in [0.25, 0.3) is 0 Å². The van der Waals surface area contributed by atoms with E-state index in [1.807, 2.05) is 31.2 Å². The first-order valence-corrected chi connectivity index (χ1v) is 6.46. The molecule has 0 saturated heterocycles. The number of ether oxygens (including phenoxy) is 1. The van der Waals surface area contributed by atoms with E-state index in [2.05, 4.69) is 5.32 Å². The fraction of sp³-hybridized carbons (Fsp3) is 0.429. The van der Waals surface area contributed by atoms with E-state index < -0.39 is 5.97 Å². The summed E-state index contributed by atoms with van der Waals surface area (Å²) in [5, 5.41) is 11.3. The number of aliphatic carboxylic acids is 1. The molecule has 110 valence electrons. The summed E-state index contributed by atoms with van der Waals surface area (Å²) in [6.07, 6.45) is -0.0700. The molecule has 0 saturated carbocycles. The Morgan fingerprint density at radius 3 is 2.70 bits per heavy atom. The standard InChI is InChI=1S/C14H20N2O4/c1-3-20-12-7-5-4-6-11(12)10-15-14(19)16(2)9-8-13(17)18/h4-7H,3,8-10H2,1-2H3,(H,15,19)(H,17,18). The van der Waals surface area contributed by atoms with Gasteiger partial charge in [0.1, 0.15) is 5.75 Å². The molecule has 6 heteroatoms. The Hall–Kier alpha value is -2.24. The van der Waals surface area contributed by atoms with Crippen molar-refractivity contribution in [3.8, 4) is 5.75 Å². The van der Waals surface area contributed by atoms with E-state index in [0.29, 0.717) is 13.2 Å². The van der Waals surface area contributed by atoms with Crippen molar-refractivity contribution in [3.63, 3.8) is 0 Å². The van der Waals surface area contributed by atoms with Crippen LogP contribution in [0, 0.1) is 0 Å². The number of benzene rings is 1. The van der Waals surface area contributed by atoms with Gasteiger partial charge in [0.05, 0.1) is 13.0 Å². The largest absolute Gasteiger partial charge is 0.494 e. The highest BCUT2D eigenvalue weighted by Crippen LogP contribution is 2.17. The van der Waals surface area contributed by atoms with Gasteiger partial charge < -0.3 is 20.1 Å². The van der Waals surface area contributed by atoms with Crippen LogP contribution >= 0.6 is 0 Å². The lowest BCUT2D eigenvalue weighted by Crippen LogP contribution is -2.38. The minimum atomic E-state index is -0.925. The highest BCUT2D eigenvalue weighted by atomic mass is 16.5. The maximum absolute atomic E-state index is 11.8. The van der Waals surface area contributed by atoms with Crippen molar-refractivity contribution in [3.05, 3.63) is 29.8 Å². The molecule has 1 aromatic rings. The lowest BCUT2D eigenvalue weighted by Gasteiger charge is -2.17. The van der Waals surface area contributed by atoms with Gasteiger partial charge in [0.2, 0.25) is 0 Å². The fourth-order valence-corrected chi connectivity index (χ4v) is 1.62. The van der Waals surface area contributed by atoms with Crippen molar-refractivity contribution in [1.82, 2.24) is 10.2 Å². The Balaban J connectivity index is 2.50. The van der Waals surface area contributed by atoms with Crippen LogP contribution in [0.5, 0.6) is 5.75 Å². The molecule has 1 rings (SSSR count). The zero-order valence-electron chi connectivity index (χ0n) is 11.8. The fourth-order valence-electron chi connectivity index (χ4n) is 1.62. The topological polar surface area (TPSA) is 78.9 Å². The number of nitrogens with one attached hydrogen (secondary N) is 1. The van der Waals surface area contributed by atoms with E-state index in [1.165, 1.54) is 4.90 Å². The summed E-state index contributed by atoms with van der Waals surface area (Å²) in [5.74, 6) is -0.185. The van der Waals surface area contributed by atoms with Crippen molar-refractivity contribution in [2.45, 2.75) is 19.9 Å². The number of amides is 2. The Kier molecular flexibility index (Phi) is 6.36. The minimum Gasteiger partial charge on any atom is -0.494 e. The van der Waals surface area contributed by atoms with E-state index in [-0.39, 0.29) is 19.0 Å². The molecule has 0 aliphatic rings. The first-order valence-electron chi connectivity index (χ1n) is 6.46. The van der Waals surface area contributed by atoms with Crippen molar-refractivity contribution in [1.29, 1.82) is 0 Å². The van der Waals surface area contributed by atoms with Gasteiger partial charge in [-0.2, -0.15) is 0 Å². The number of para-hydroxylation sites is 1. The van der Waals surface area contributed by atoms with E-state index in [1.54, 1.807) is 7.05 Å². The number of carboxylic acid groups (broad SMARTS) is 1. The summed E-state index contributed by atoms with van der Waals surface area (Å²) in [7, 11) is 1.56. The summed E-state index contributed by atoms with van der Waals surface area (Å²) in [5.41, 5.74) is 0.884. The first-order chi connectivity index (χ1) is 9.54. The molecule has 0 radical (unpaired) electrons. The first kappa shape index (κ1) is 15.8. The normalized spacial score (nSPS) is 9.90. The third-order valence-corrected chi connectivity index (χ3v) is 2.71. The van der Waals surface area contributed by atoms with Gasteiger partial charge in [-0.1, -0.05) is 18.2 Å². The molecular formula is C14H20N2O4. The lowest BCUT2D eigenvalue weighted by molar-refractivity contribution is -0.137. The summed E-state index contributed by atoms with van der Waals surface area (Å²) in [6.45, 7) is 2.97. The molecule has 2 N–H and O–H groups in total. The van der Waals surface area contributed by atoms with Crippen molar-refractivity contribution < 1.29 is 19.4 Å². The predicted octanol–water partition coefficient (Wildman–Crippen LogP) is 1.70. The highest BCUT2D eigenvalue weighted by molar-refractivity contribution is 5.75. The quantitative estimate of drug-likeness (QED) is 0.796. The van der Waals surface area contributed by atoms with Gasteiger partial charge in [0.25, 0.3) is 0 Å². The number of hydrogen-bond donors (Lipinski definition) is 2. The lowest BCUT2D eigenvalue weighted by atomic mass is 10.2. The van der Waals surface area contributed by atoms with E-state index in [4.69, 9.17) is 9.84 Å².